The third-order valence-electron chi connectivity index (χ3n) is 4.85. The molecule has 1 aliphatic heterocycles. The van der Waals surface area contributed by atoms with Crippen molar-refractivity contribution in [3.8, 4) is 11.5 Å². The number of methoxy groups -OCH3 is 2. The van der Waals surface area contributed by atoms with Crippen LogP contribution in [-0.2, 0) is 16.1 Å². The molecule has 0 aromatic heterocycles. The fourth-order valence-electron chi connectivity index (χ4n) is 3.28. The molecule has 0 aliphatic carbocycles. The van der Waals surface area contributed by atoms with Crippen molar-refractivity contribution in [3.63, 3.8) is 0 Å². The predicted molar refractivity (Wildman–Crippen MR) is 117 cm³/mol. The van der Waals surface area contributed by atoms with Gasteiger partial charge in [-0.2, -0.15) is 0 Å². The summed E-state index contributed by atoms with van der Waals surface area (Å²) in [6, 6.07) is 14.2. The van der Waals surface area contributed by atoms with Crippen molar-refractivity contribution < 1.29 is 29.0 Å². The Morgan fingerprint density at radius 3 is 2.52 bits per heavy atom. The van der Waals surface area contributed by atoms with Crippen molar-refractivity contribution in [2.45, 2.75) is 18.2 Å². The SMILES string of the molecule is COc1ccc(N2C(=O)SC(CC(=O)N(CCO)Cc3ccccc3)C2=O)c(OC)c1. The third kappa shape index (κ3) is 5.18. The van der Waals surface area contributed by atoms with Crippen molar-refractivity contribution in [2.24, 2.45) is 0 Å². The molecule has 1 unspecified atom stereocenters. The van der Waals surface area contributed by atoms with Gasteiger partial charge in [-0.05, 0) is 29.5 Å². The molecule has 2 aromatic carbocycles. The minimum Gasteiger partial charge on any atom is -0.497 e. The van der Waals surface area contributed by atoms with E-state index in [1.807, 2.05) is 30.3 Å². The molecule has 9 heteroatoms. The molecule has 1 atom stereocenters. The summed E-state index contributed by atoms with van der Waals surface area (Å²) in [6.45, 7) is 0.261. The average molecular weight is 445 g/mol. The first-order chi connectivity index (χ1) is 15.0. The third-order valence-corrected chi connectivity index (χ3v) is 5.89. The number of amides is 3. The minimum atomic E-state index is -0.844. The smallest absolute Gasteiger partial charge is 0.293 e. The summed E-state index contributed by atoms with van der Waals surface area (Å²) in [5, 5.41) is 8.04. The second-order valence-corrected chi connectivity index (χ2v) is 7.97. The van der Waals surface area contributed by atoms with Crippen LogP contribution in [0.25, 0.3) is 0 Å². The standard InChI is InChI=1S/C22H24N2O6S/c1-29-16-8-9-17(18(12-16)30-2)24-21(27)19(31-22(24)28)13-20(26)23(10-11-25)14-15-6-4-3-5-7-15/h3-9,12,19,25H,10-11,13-14H2,1-2H3. The highest BCUT2D eigenvalue weighted by Crippen LogP contribution is 2.39. The summed E-state index contributed by atoms with van der Waals surface area (Å²) in [6.07, 6.45) is -0.142. The maximum atomic E-state index is 13.0. The van der Waals surface area contributed by atoms with E-state index in [-0.39, 0.29) is 25.5 Å². The van der Waals surface area contributed by atoms with E-state index < -0.39 is 16.4 Å². The molecule has 3 amide bonds. The van der Waals surface area contributed by atoms with E-state index in [9.17, 15) is 19.5 Å². The Labute approximate surface area is 184 Å². The van der Waals surface area contributed by atoms with Gasteiger partial charge in [-0.25, -0.2) is 4.90 Å². The monoisotopic (exact) mass is 444 g/mol. The highest BCUT2D eigenvalue weighted by Gasteiger charge is 2.43. The molecule has 1 heterocycles. The van der Waals surface area contributed by atoms with Crippen LogP contribution < -0.4 is 14.4 Å². The molecule has 0 saturated carbocycles. The van der Waals surface area contributed by atoms with Gasteiger partial charge in [-0.1, -0.05) is 30.3 Å². The molecular weight excluding hydrogens is 420 g/mol. The van der Waals surface area contributed by atoms with Gasteiger partial charge in [0.25, 0.3) is 5.24 Å². The van der Waals surface area contributed by atoms with Gasteiger partial charge in [0, 0.05) is 25.6 Å². The summed E-state index contributed by atoms with van der Waals surface area (Å²) < 4.78 is 10.5. The summed E-state index contributed by atoms with van der Waals surface area (Å²) >= 11 is 0.817. The van der Waals surface area contributed by atoms with Crippen LogP contribution in [0.4, 0.5) is 10.5 Å². The van der Waals surface area contributed by atoms with E-state index in [4.69, 9.17) is 9.47 Å². The number of imide groups is 1. The number of hydrogen-bond acceptors (Lipinski definition) is 7. The van der Waals surface area contributed by atoms with E-state index in [1.54, 1.807) is 18.2 Å². The van der Waals surface area contributed by atoms with Gasteiger partial charge >= 0.3 is 0 Å². The molecule has 2 aromatic rings. The Morgan fingerprint density at radius 2 is 1.87 bits per heavy atom. The molecule has 164 valence electrons. The van der Waals surface area contributed by atoms with Crippen LogP contribution in [0.5, 0.6) is 11.5 Å². The minimum absolute atomic E-state index is 0.142. The molecule has 1 saturated heterocycles. The fourth-order valence-corrected chi connectivity index (χ4v) is 4.25. The molecule has 8 nitrogen and oxygen atoms in total. The first-order valence-electron chi connectivity index (χ1n) is 9.67. The lowest BCUT2D eigenvalue weighted by Crippen LogP contribution is -2.37. The first kappa shape index (κ1) is 22.6. The second-order valence-electron chi connectivity index (χ2n) is 6.81. The van der Waals surface area contributed by atoms with Gasteiger partial charge in [-0.15, -0.1) is 0 Å². The van der Waals surface area contributed by atoms with Gasteiger partial charge in [0.15, 0.2) is 0 Å². The first-order valence-corrected chi connectivity index (χ1v) is 10.6. The molecule has 0 spiro atoms. The van der Waals surface area contributed by atoms with Crippen molar-refractivity contribution in [1.29, 1.82) is 0 Å². The van der Waals surface area contributed by atoms with E-state index in [2.05, 4.69) is 0 Å². The van der Waals surface area contributed by atoms with Crippen LogP contribution in [0.1, 0.15) is 12.0 Å². The molecular formula is C22H24N2O6S. The van der Waals surface area contributed by atoms with Gasteiger partial charge < -0.3 is 19.5 Å². The number of aliphatic hydroxyl groups is 1. The topological polar surface area (TPSA) is 96.4 Å². The zero-order chi connectivity index (χ0) is 22.4. The number of aliphatic hydroxyl groups excluding tert-OH is 1. The number of rotatable bonds is 9. The van der Waals surface area contributed by atoms with Gasteiger partial charge in [0.05, 0.1) is 26.5 Å². The number of thioether (sulfide) groups is 1. The van der Waals surface area contributed by atoms with Gasteiger partial charge in [0.2, 0.25) is 11.8 Å². The Morgan fingerprint density at radius 1 is 1.13 bits per heavy atom. The Hall–Kier alpha value is -3.04. The van der Waals surface area contributed by atoms with E-state index >= 15 is 0 Å². The number of ether oxygens (including phenoxy) is 2. The summed E-state index contributed by atoms with van der Waals surface area (Å²) in [5.41, 5.74) is 1.22. The van der Waals surface area contributed by atoms with Crippen LogP contribution in [0.3, 0.4) is 0 Å². The van der Waals surface area contributed by atoms with Gasteiger partial charge in [-0.3, -0.25) is 14.4 Å². The second kappa shape index (κ2) is 10.3. The maximum absolute atomic E-state index is 13.0. The molecule has 0 radical (unpaired) electrons. The van der Waals surface area contributed by atoms with Crippen molar-refractivity contribution in [3.05, 3.63) is 54.1 Å². The molecule has 0 bridgehead atoms. The summed E-state index contributed by atoms with van der Waals surface area (Å²) in [5.74, 6) is 0.0646. The molecule has 1 fully saturated rings. The van der Waals surface area contributed by atoms with Crippen LogP contribution in [0.15, 0.2) is 48.5 Å². The number of benzene rings is 2. The predicted octanol–water partition coefficient (Wildman–Crippen LogP) is 2.68. The number of carbonyl (C=O) groups is 3. The van der Waals surface area contributed by atoms with E-state index in [0.717, 1.165) is 22.2 Å². The van der Waals surface area contributed by atoms with Crippen LogP contribution in [-0.4, -0.2) is 59.7 Å². The van der Waals surface area contributed by atoms with Crippen molar-refractivity contribution in [2.75, 3.05) is 32.3 Å². The lowest BCUT2D eigenvalue weighted by molar-refractivity contribution is -0.133. The zero-order valence-electron chi connectivity index (χ0n) is 17.3. The van der Waals surface area contributed by atoms with E-state index in [1.165, 1.54) is 19.1 Å². The summed E-state index contributed by atoms with van der Waals surface area (Å²) in [7, 11) is 2.94. The van der Waals surface area contributed by atoms with Crippen LogP contribution >= 0.6 is 11.8 Å². The number of hydrogen-bond donors (Lipinski definition) is 1. The quantitative estimate of drug-likeness (QED) is 0.635. The van der Waals surface area contributed by atoms with E-state index in [0.29, 0.717) is 23.7 Å². The Kier molecular flexibility index (Phi) is 7.54. The molecule has 1 N–H and O–H groups in total. The van der Waals surface area contributed by atoms with Gasteiger partial charge in [0.1, 0.15) is 16.7 Å². The van der Waals surface area contributed by atoms with Crippen LogP contribution in [0.2, 0.25) is 0 Å². The molecule has 3 rings (SSSR count). The van der Waals surface area contributed by atoms with Crippen LogP contribution in [0, 0.1) is 0 Å². The number of anilines is 1. The highest BCUT2D eigenvalue weighted by atomic mass is 32.2. The molecule has 1 aliphatic rings. The number of nitrogens with zero attached hydrogens (tertiary/aromatic N) is 2. The average Bonchev–Trinajstić information content (AvgIpc) is 3.06. The lowest BCUT2D eigenvalue weighted by atomic mass is 10.1. The van der Waals surface area contributed by atoms with Crippen molar-refractivity contribution >= 4 is 34.5 Å². The largest absolute Gasteiger partial charge is 0.497 e. The highest BCUT2D eigenvalue weighted by molar-refractivity contribution is 8.15. The fraction of sp³-hybridized carbons (Fsp3) is 0.318. The molecule has 31 heavy (non-hydrogen) atoms. The Bertz CT molecular complexity index is 952. The Balaban J connectivity index is 1.75. The number of carbonyl (C=O) groups excluding carboxylic acids is 3. The summed E-state index contributed by atoms with van der Waals surface area (Å²) in [4.78, 5) is 41.0. The maximum Gasteiger partial charge on any atom is 0.293 e. The zero-order valence-corrected chi connectivity index (χ0v) is 18.1. The normalized spacial score (nSPS) is 15.8. The lowest BCUT2D eigenvalue weighted by Gasteiger charge is -2.23. The van der Waals surface area contributed by atoms with Crippen molar-refractivity contribution in [1.82, 2.24) is 4.90 Å².